The first kappa shape index (κ1) is 17.1. The highest BCUT2D eigenvalue weighted by Crippen LogP contribution is 2.06. The van der Waals surface area contributed by atoms with Crippen molar-refractivity contribution in [2.24, 2.45) is 0 Å². The van der Waals surface area contributed by atoms with E-state index in [4.69, 9.17) is 5.11 Å². The lowest BCUT2D eigenvalue weighted by Gasteiger charge is -2.13. The number of hydrogen-bond donors (Lipinski definition) is 3. The molecule has 0 aliphatic rings. The van der Waals surface area contributed by atoms with Gasteiger partial charge in [0.05, 0.1) is 17.4 Å². The standard InChI is InChI=1S/C12H17N3O5S/c1-3-6-21(19,20)15-8(2)11(16)14-10-5-4-9(7-13-10)12(17)18/h4-5,7-8,15H,3,6H2,1-2H3,(H,17,18)(H,13,14,16). The molecule has 1 amide bonds. The number of carbonyl (C=O) groups excluding carboxylic acids is 1. The molecule has 8 nitrogen and oxygen atoms in total. The fourth-order valence-corrected chi connectivity index (χ4v) is 2.78. The number of nitrogens with one attached hydrogen (secondary N) is 2. The van der Waals surface area contributed by atoms with Crippen molar-refractivity contribution in [3.05, 3.63) is 23.9 Å². The molecule has 0 fully saturated rings. The number of pyridine rings is 1. The van der Waals surface area contributed by atoms with Crippen molar-refractivity contribution in [3.63, 3.8) is 0 Å². The van der Waals surface area contributed by atoms with Crippen LogP contribution in [0.3, 0.4) is 0 Å². The summed E-state index contributed by atoms with van der Waals surface area (Å²) in [6.07, 6.45) is 1.55. The molecule has 1 aromatic heterocycles. The molecule has 0 aliphatic heterocycles. The average Bonchev–Trinajstić information content (AvgIpc) is 2.38. The number of carboxylic acids is 1. The first-order valence-corrected chi connectivity index (χ1v) is 7.90. The third kappa shape index (κ3) is 5.48. The molecule has 116 valence electrons. The van der Waals surface area contributed by atoms with Gasteiger partial charge in [0, 0.05) is 6.20 Å². The van der Waals surface area contributed by atoms with Gasteiger partial charge in [-0.1, -0.05) is 6.92 Å². The number of rotatable bonds is 7. The van der Waals surface area contributed by atoms with E-state index < -0.39 is 27.9 Å². The molecule has 21 heavy (non-hydrogen) atoms. The van der Waals surface area contributed by atoms with Crippen LogP contribution in [0, 0.1) is 0 Å². The topological polar surface area (TPSA) is 125 Å². The predicted octanol–water partition coefficient (Wildman–Crippen LogP) is 0.436. The number of aromatic nitrogens is 1. The highest BCUT2D eigenvalue weighted by atomic mass is 32.2. The normalized spacial score (nSPS) is 12.7. The molecular formula is C12H17N3O5S. The van der Waals surface area contributed by atoms with Crippen molar-refractivity contribution in [1.29, 1.82) is 0 Å². The summed E-state index contributed by atoms with van der Waals surface area (Å²) >= 11 is 0. The Kier molecular flexibility index (Phi) is 5.79. The first-order chi connectivity index (χ1) is 9.75. The molecule has 9 heteroatoms. The molecule has 0 aliphatic carbocycles. The van der Waals surface area contributed by atoms with E-state index in [0.29, 0.717) is 6.42 Å². The molecule has 0 bridgehead atoms. The van der Waals surface area contributed by atoms with Crippen LogP contribution in [0.4, 0.5) is 5.82 Å². The van der Waals surface area contributed by atoms with Crippen molar-refractivity contribution in [3.8, 4) is 0 Å². The minimum absolute atomic E-state index is 0.00954. The van der Waals surface area contributed by atoms with Gasteiger partial charge in [-0.05, 0) is 25.5 Å². The van der Waals surface area contributed by atoms with Crippen LogP contribution in [0.2, 0.25) is 0 Å². The van der Waals surface area contributed by atoms with Gasteiger partial charge in [0.15, 0.2) is 0 Å². The van der Waals surface area contributed by atoms with Gasteiger partial charge in [-0.25, -0.2) is 22.9 Å². The second-order valence-electron chi connectivity index (χ2n) is 4.38. The zero-order valence-corrected chi connectivity index (χ0v) is 12.5. The van der Waals surface area contributed by atoms with Gasteiger partial charge in [-0.2, -0.15) is 0 Å². The lowest BCUT2D eigenvalue weighted by molar-refractivity contribution is -0.117. The van der Waals surface area contributed by atoms with E-state index in [2.05, 4.69) is 15.0 Å². The fraction of sp³-hybridized carbons (Fsp3) is 0.417. The Labute approximate surface area is 122 Å². The fourth-order valence-electron chi connectivity index (χ4n) is 1.48. The Bertz CT molecular complexity index is 612. The van der Waals surface area contributed by atoms with E-state index in [9.17, 15) is 18.0 Å². The number of sulfonamides is 1. The lowest BCUT2D eigenvalue weighted by atomic mass is 10.3. The van der Waals surface area contributed by atoms with Crippen molar-refractivity contribution in [1.82, 2.24) is 9.71 Å². The van der Waals surface area contributed by atoms with E-state index in [1.807, 2.05) is 0 Å². The predicted molar refractivity (Wildman–Crippen MR) is 76.5 cm³/mol. The Morgan fingerprint density at radius 1 is 1.38 bits per heavy atom. The smallest absolute Gasteiger partial charge is 0.337 e. The summed E-state index contributed by atoms with van der Waals surface area (Å²) in [6, 6.07) is 1.66. The molecule has 1 heterocycles. The Balaban J connectivity index is 2.66. The van der Waals surface area contributed by atoms with Crippen molar-refractivity contribution >= 4 is 27.7 Å². The molecular weight excluding hydrogens is 298 g/mol. The van der Waals surface area contributed by atoms with Crippen molar-refractivity contribution in [2.45, 2.75) is 26.3 Å². The number of anilines is 1. The van der Waals surface area contributed by atoms with Crippen molar-refractivity contribution < 1.29 is 23.1 Å². The van der Waals surface area contributed by atoms with Crippen LogP contribution in [-0.4, -0.2) is 42.2 Å². The van der Waals surface area contributed by atoms with Crippen LogP contribution in [-0.2, 0) is 14.8 Å². The largest absolute Gasteiger partial charge is 0.478 e. The SMILES string of the molecule is CCCS(=O)(=O)NC(C)C(=O)Nc1ccc(C(=O)O)cn1. The van der Waals surface area contributed by atoms with Crippen LogP contribution in [0.1, 0.15) is 30.6 Å². The Morgan fingerprint density at radius 2 is 2.05 bits per heavy atom. The van der Waals surface area contributed by atoms with Gasteiger partial charge in [-0.3, -0.25) is 4.79 Å². The average molecular weight is 315 g/mol. The van der Waals surface area contributed by atoms with Crippen LogP contribution in [0.25, 0.3) is 0 Å². The minimum atomic E-state index is -3.50. The maximum absolute atomic E-state index is 11.8. The molecule has 0 radical (unpaired) electrons. The summed E-state index contributed by atoms with van der Waals surface area (Å²) in [5.74, 6) is -1.62. The third-order valence-electron chi connectivity index (χ3n) is 2.48. The van der Waals surface area contributed by atoms with E-state index in [-0.39, 0.29) is 17.1 Å². The number of nitrogens with zero attached hydrogens (tertiary/aromatic N) is 1. The second-order valence-corrected chi connectivity index (χ2v) is 6.26. The van der Waals surface area contributed by atoms with Crippen LogP contribution in [0.5, 0.6) is 0 Å². The Morgan fingerprint density at radius 3 is 2.52 bits per heavy atom. The first-order valence-electron chi connectivity index (χ1n) is 6.25. The van der Waals surface area contributed by atoms with Gasteiger partial charge < -0.3 is 10.4 Å². The van der Waals surface area contributed by atoms with E-state index in [1.165, 1.54) is 19.1 Å². The monoisotopic (exact) mass is 315 g/mol. The Hall–Kier alpha value is -2.00. The summed E-state index contributed by atoms with van der Waals surface area (Å²) in [5, 5.41) is 11.1. The lowest BCUT2D eigenvalue weighted by Crippen LogP contribution is -2.42. The molecule has 3 N–H and O–H groups in total. The quantitative estimate of drug-likeness (QED) is 0.670. The van der Waals surface area contributed by atoms with Gasteiger partial charge in [0.1, 0.15) is 5.82 Å². The van der Waals surface area contributed by atoms with Gasteiger partial charge in [0.2, 0.25) is 15.9 Å². The maximum Gasteiger partial charge on any atom is 0.337 e. The molecule has 0 saturated heterocycles. The van der Waals surface area contributed by atoms with Gasteiger partial charge in [-0.15, -0.1) is 0 Å². The maximum atomic E-state index is 11.8. The number of carboxylic acid groups (broad SMARTS) is 1. The molecule has 1 aromatic rings. The molecule has 0 spiro atoms. The van der Waals surface area contributed by atoms with Crippen LogP contribution in [0.15, 0.2) is 18.3 Å². The highest BCUT2D eigenvalue weighted by Gasteiger charge is 2.19. The number of amides is 1. The molecule has 0 aromatic carbocycles. The number of aromatic carboxylic acids is 1. The zero-order valence-electron chi connectivity index (χ0n) is 11.7. The minimum Gasteiger partial charge on any atom is -0.478 e. The molecule has 1 unspecified atom stereocenters. The molecule has 1 rings (SSSR count). The summed E-state index contributed by atoms with van der Waals surface area (Å²) < 4.78 is 25.3. The van der Waals surface area contributed by atoms with Crippen LogP contribution < -0.4 is 10.0 Å². The van der Waals surface area contributed by atoms with E-state index >= 15 is 0 Å². The molecule has 0 saturated carbocycles. The summed E-state index contributed by atoms with van der Waals surface area (Å²) in [5.41, 5.74) is -0.00954. The number of hydrogen-bond acceptors (Lipinski definition) is 5. The zero-order chi connectivity index (χ0) is 16.0. The summed E-state index contributed by atoms with van der Waals surface area (Å²) in [4.78, 5) is 26.2. The summed E-state index contributed by atoms with van der Waals surface area (Å²) in [7, 11) is -3.50. The van der Waals surface area contributed by atoms with Crippen molar-refractivity contribution in [2.75, 3.05) is 11.1 Å². The number of carbonyl (C=O) groups is 2. The third-order valence-corrected chi connectivity index (χ3v) is 4.14. The van der Waals surface area contributed by atoms with E-state index in [1.54, 1.807) is 6.92 Å². The van der Waals surface area contributed by atoms with Crippen LogP contribution >= 0.6 is 0 Å². The highest BCUT2D eigenvalue weighted by molar-refractivity contribution is 7.89. The molecule has 1 atom stereocenters. The van der Waals surface area contributed by atoms with E-state index in [0.717, 1.165) is 6.20 Å². The summed E-state index contributed by atoms with van der Waals surface area (Å²) in [6.45, 7) is 3.13. The second kappa shape index (κ2) is 7.14. The van der Waals surface area contributed by atoms with Gasteiger partial charge >= 0.3 is 5.97 Å². The van der Waals surface area contributed by atoms with Gasteiger partial charge in [0.25, 0.3) is 0 Å².